The van der Waals surface area contributed by atoms with Crippen LogP contribution in [-0.4, -0.2) is 36.0 Å². The molecule has 1 amide bonds. The third-order valence-corrected chi connectivity index (χ3v) is 4.85. The monoisotopic (exact) mass is 252 g/mol. The van der Waals surface area contributed by atoms with Crippen molar-refractivity contribution >= 4 is 5.91 Å². The maximum atomic E-state index is 12.8. The number of amides is 1. The fraction of sp³-hybridized carbons (Fsp3) is 0.933. The summed E-state index contributed by atoms with van der Waals surface area (Å²) in [5.41, 5.74) is 0.184. The summed E-state index contributed by atoms with van der Waals surface area (Å²) in [5, 5.41) is 3.45. The van der Waals surface area contributed by atoms with Gasteiger partial charge < -0.3 is 10.2 Å². The van der Waals surface area contributed by atoms with Crippen molar-refractivity contribution in [2.75, 3.05) is 13.1 Å². The van der Waals surface area contributed by atoms with E-state index < -0.39 is 0 Å². The number of nitrogens with one attached hydrogen (secondary N) is 1. The van der Waals surface area contributed by atoms with Crippen molar-refractivity contribution in [1.29, 1.82) is 0 Å². The van der Waals surface area contributed by atoms with Gasteiger partial charge in [-0.2, -0.15) is 0 Å². The largest absolute Gasteiger partial charge is 0.337 e. The number of hydrogen-bond acceptors (Lipinski definition) is 2. The molecule has 0 aromatic heterocycles. The fourth-order valence-electron chi connectivity index (χ4n) is 3.48. The lowest BCUT2D eigenvalue weighted by molar-refractivity contribution is -0.144. The van der Waals surface area contributed by atoms with E-state index in [4.69, 9.17) is 0 Å². The highest BCUT2D eigenvalue weighted by Crippen LogP contribution is 2.41. The van der Waals surface area contributed by atoms with Crippen LogP contribution >= 0.6 is 0 Å². The second kappa shape index (κ2) is 5.20. The van der Waals surface area contributed by atoms with E-state index in [2.05, 4.69) is 37.9 Å². The molecule has 1 heterocycles. The smallest absolute Gasteiger partial charge is 0.226 e. The predicted octanol–water partition coefficient (Wildman–Crippen LogP) is 2.41. The number of rotatable bonds is 1. The molecule has 3 atom stereocenters. The molecular weight excluding hydrogens is 224 g/mol. The zero-order valence-electron chi connectivity index (χ0n) is 12.3. The Morgan fingerprint density at radius 3 is 2.67 bits per heavy atom. The predicted molar refractivity (Wildman–Crippen MR) is 74.4 cm³/mol. The molecule has 2 fully saturated rings. The fourth-order valence-corrected chi connectivity index (χ4v) is 3.48. The minimum Gasteiger partial charge on any atom is -0.337 e. The summed E-state index contributed by atoms with van der Waals surface area (Å²) in [6.45, 7) is 10.7. The molecule has 0 bridgehead atoms. The zero-order chi connectivity index (χ0) is 13.3. The van der Waals surface area contributed by atoms with Crippen molar-refractivity contribution < 1.29 is 4.79 Å². The molecule has 1 saturated carbocycles. The van der Waals surface area contributed by atoms with Gasteiger partial charge in [-0.1, -0.05) is 26.7 Å². The first kappa shape index (κ1) is 13.9. The lowest BCUT2D eigenvalue weighted by atomic mass is 9.68. The molecule has 104 valence electrons. The maximum Gasteiger partial charge on any atom is 0.226 e. The van der Waals surface area contributed by atoms with E-state index in [1.54, 1.807) is 0 Å². The Labute approximate surface area is 111 Å². The summed E-state index contributed by atoms with van der Waals surface area (Å²) in [5.74, 6) is 0.638. The van der Waals surface area contributed by atoms with Crippen molar-refractivity contribution in [3.8, 4) is 0 Å². The van der Waals surface area contributed by atoms with Gasteiger partial charge >= 0.3 is 0 Å². The van der Waals surface area contributed by atoms with Crippen LogP contribution < -0.4 is 5.32 Å². The Morgan fingerprint density at radius 1 is 1.28 bits per heavy atom. The Morgan fingerprint density at radius 2 is 2.00 bits per heavy atom. The molecule has 2 aliphatic rings. The molecule has 1 N–H and O–H groups in total. The van der Waals surface area contributed by atoms with Gasteiger partial charge in [0.05, 0.1) is 0 Å². The van der Waals surface area contributed by atoms with Crippen LogP contribution in [0.3, 0.4) is 0 Å². The average Bonchev–Trinajstić information content (AvgIpc) is 2.31. The molecule has 0 radical (unpaired) electrons. The highest BCUT2D eigenvalue weighted by atomic mass is 16.2. The van der Waals surface area contributed by atoms with Gasteiger partial charge in [0.15, 0.2) is 0 Å². The average molecular weight is 252 g/mol. The van der Waals surface area contributed by atoms with Crippen LogP contribution in [0.4, 0.5) is 0 Å². The molecule has 0 aromatic rings. The highest BCUT2D eigenvalue weighted by Gasteiger charge is 2.41. The number of piperazine rings is 1. The standard InChI is InChI=1S/C15H28N2O/c1-11-10-17(12(2)9-16-11)14(18)13-7-5-6-8-15(13,3)4/h11-13,16H,5-10H2,1-4H3. The zero-order valence-corrected chi connectivity index (χ0v) is 12.3. The van der Waals surface area contributed by atoms with Crippen LogP contribution in [0, 0.1) is 11.3 Å². The van der Waals surface area contributed by atoms with E-state index in [9.17, 15) is 4.79 Å². The van der Waals surface area contributed by atoms with Crippen molar-refractivity contribution in [1.82, 2.24) is 10.2 Å². The molecular formula is C15H28N2O. The molecule has 1 saturated heterocycles. The van der Waals surface area contributed by atoms with E-state index in [0.717, 1.165) is 19.5 Å². The topological polar surface area (TPSA) is 32.3 Å². The number of carbonyl (C=O) groups excluding carboxylic acids is 1. The van der Waals surface area contributed by atoms with Crippen molar-refractivity contribution in [2.24, 2.45) is 11.3 Å². The van der Waals surface area contributed by atoms with E-state index in [1.165, 1.54) is 19.3 Å². The second-order valence-electron chi connectivity index (χ2n) is 6.94. The van der Waals surface area contributed by atoms with E-state index in [-0.39, 0.29) is 11.3 Å². The molecule has 18 heavy (non-hydrogen) atoms. The van der Waals surface area contributed by atoms with Gasteiger partial charge in [-0.25, -0.2) is 0 Å². The van der Waals surface area contributed by atoms with Gasteiger partial charge in [0.2, 0.25) is 5.91 Å². The van der Waals surface area contributed by atoms with Crippen LogP contribution in [0.2, 0.25) is 0 Å². The third-order valence-electron chi connectivity index (χ3n) is 4.85. The number of carbonyl (C=O) groups is 1. The summed E-state index contributed by atoms with van der Waals surface area (Å²) in [7, 11) is 0. The van der Waals surface area contributed by atoms with Crippen molar-refractivity contribution in [3.63, 3.8) is 0 Å². The van der Waals surface area contributed by atoms with Crippen LogP contribution in [0.1, 0.15) is 53.4 Å². The summed E-state index contributed by atoms with van der Waals surface area (Å²) in [4.78, 5) is 14.9. The van der Waals surface area contributed by atoms with Crippen LogP contribution in [0.5, 0.6) is 0 Å². The minimum atomic E-state index is 0.184. The molecule has 1 aliphatic heterocycles. The Bertz CT molecular complexity index is 314. The van der Waals surface area contributed by atoms with Crippen LogP contribution in [-0.2, 0) is 4.79 Å². The first-order valence-electron chi connectivity index (χ1n) is 7.45. The lowest BCUT2D eigenvalue weighted by Gasteiger charge is -2.44. The molecule has 3 unspecified atom stereocenters. The summed E-state index contributed by atoms with van der Waals surface area (Å²) >= 11 is 0. The first-order chi connectivity index (χ1) is 8.42. The van der Waals surface area contributed by atoms with Gasteiger partial charge in [-0.3, -0.25) is 4.79 Å². The van der Waals surface area contributed by atoms with Gasteiger partial charge in [0, 0.05) is 31.1 Å². The maximum absolute atomic E-state index is 12.8. The summed E-state index contributed by atoms with van der Waals surface area (Å²) in [6, 6.07) is 0.767. The molecule has 0 spiro atoms. The molecule has 3 nitrogen and oxygen atoms in total. The number of hydrogen-bond donors (Lipinski definition) is 1. The van der Waals surface area contributed by atoms with Gasteiger partial charge in [0.25, 0.3) is 0 Å². The van der Waals surface area contributed by atoms with E-state index >= 15 is 0 Å². The Balaban J connectivity index is 2.09. The molecule has 1 aliphatic carbocycles. The van der Waals surface area contributed by atoms with Crippen LogP contribution in [0.15, 0.2) is 0 Å². The second-order valence-corrected chi connectivity index (χ2v) is 6.94. The number of nitrogens with zero attached hydrogens (tertiary/aromatic N) is 1. The van der Waals surface area contributed by atoms with Gasteiger partial charge in [-0.05, 0) is 32.1 Å². The summed E-state index contributed by atoms with van der Waals surface area (Å²) < 4.78 is 0. The van der Waals surface area contributed by atoms with E-state index in [0.29, 0.717) is 18.0 Å². The molecule has 3 heteroatoms. The van der Waals surface area contributed by atoms with Crippen LogP contribution in [0.25, 0.3) is 0 Å². The van der Waals surface area contributed by atoms with Gasteiger partial charge in [-0.15, -0.1) is 0 Å². The molecule has 2 rings (SSSR count). The van der Waals surface area contributed by atoms with Crippen molar-refractivity contribution in [2.45, 2.75) is 65.5 Å². The summed E-state index contributed by atoms with van der Waals surface area (Å²) in [6.07, 6.45) is 4.77. The third kappa shape index (κ3) is 2.71. The highest BCUT2D eigenvalue weighted by molar-refractivity contribution is 5.80. The quantitative estimate of drug-likeness (QED) is 0.777. The van der Waals surface area contributed by atoms with Gasteiger partial charge in [0.1, 0.15) is 0 Å². The minimum absolute atomic E-state index is 0.184. The van der Waals surface area contributed by atoms with E-state index in [1.807, 2.05) is 0 Å². The molecule has 0 aromatic carbocycles. The normalized spacial score (nSPS) is 36.4. The SMILES string of the molecule is CC1CN(C(=O)C2CCCCC2(C)C)C(C)CN1. The Kier molecular flexibility index (Phi) is 4.00. The van der Waals surface area contributed by atoms with Crippen molar-refractivity contribution in [3.05, 3.63) is 0 Å². The Hall–Kier alpha value is -0.570. The lowest BCUT2D eigenvalue weighted by Crippen LogP contribution is -2.58. The first-order valence-corrected chi connectivity index (χ1v) is 7.45.